The maximum Gasteiger partial charge on any atom is 0.347 e. The van der Waals surface area contributed by atoms with Crippen LogP contribution < -0.4 is 4.74 Å². The molecular weight excluding hydrogens is 476 g/mol. The number of rotatable bonds is 12. The highest BCUT2D eigenvalue weighted by molar-refractivity contribution is 5.75. The number of benzene rings is 1. The Morgan fingerprint density at radius 1 is 1.14 bits per heavy atom. The smallest absolute Gasteiger partial charge is 0.347 e. The average molecular weight is 517 g/mol. The zero-order valence-corrected chi connectivity index (χ0v) is 21.8. The van der Waals surface area contributed by atoms with Gasteiger partial charge in [0, 0.05) is 12.3 Å². The number of aliphatic carboxylic acids is 1. The minimum Gasteiger partial charge on any atom is -0.481 e. The molecular formula is C29H40O8. The number of carboxylic acids is 1. The van der Waals surface area contributed by atoms with Gasteiger partial charge in [-0.05, 0) is 62.1 Å². The van der Waals surface area contributed by atoms with Gasteiger partial charge < -0.3 is 29.9 Å². The summed E-state index contributed by atoms with van der Waals surface area (Å²) in [4.78, 5) is 24.0. The number of esters is 1. The largest absolute Gasteiger partial charge is 0.481 e. The molecule has 1 aromatic rings. The third-order valence-electron chi connectivity index (χ3n) is 7.36. The molecule has 1 aromatic carbocycles. The van der Waals surface area contributed by atoms with Gasteiger partial charge in [-0.25, -0.2) is 4.79 Å². The number of carbonyl (C=O) groups is 2. The summed E-state index contributed by atoms with van der Waals surface area (Å²) in [5.74, 6) is -0.973. The van der Waals surface area contributed by atoms with Crippen molar-refractivity contribution in [2.45, 2.75) is 89.8 Å². The van der Waals surface area contributed by atoms with Crippen molar-refractivity contribution >= 4 is 11.9 Å². The summed E-state index contributed by atoms with van der Waals surface area (Å²) >= 11 is 0. The number of aryl methyl sites for hydroxylation is 1. The molecule has 4 N–H and O–H groups in total. The Bertz CT molecular complexity index is 969. The quantitative estimate of drug-likeness (QED) is 0.310. The Balaban J connectivity index is 1.70. The van der Waals surface area contributed by atoms with Gasteiger partial charge in [0.2, 0.25) is 0 Å². The third-order valence-corrected chi connectivity index (χ3v) is 7.36. The lowest BCUT2D eigenvalue weighted by Gasteiger charge is -2.43. The molecule has 0 fully saturated rings. The van der Waals surface area contributed by atoms with Gasteiger partial charge in [0.15, 0.2) is 6.10 Å². The van der Waals surface area contributed by atoms with Crippen LogP contribution >= 0.6 is 0 Å². The molecule has 0 saturated carbocycles. The first-order chi connectivity index (χ1) is 17.6. The van der Waals surface area contributed by atoms with Gasteiger partial charge in [0.05, 0.1) is 24.7 Å². The molecule has 0 aliphatic heterocycles. The normalized spacial score (nSPS) is 27.4. The summed E-state index contributed by atoms with van der Waals surface area (Å²) in [6.07, 6.45) is 3.08. The predicted octanol–water partition coefficient (Wildman–Crippen LogP) is 3.56. The van der Waals surface area contributed by atoms with Crippen molar-refractivity contribution in [1.82, 2.24) is 0 Å². The lowest BCUT2D eigenvalue weighted by molar-refractivity contribution is -0.163. The summed E-state index contributed by atoms with van der Waals surface area (Å²) in [5, 5.41) is 39.6. The number of hydrogen-bond donors (Lipinski definition) is 4. The highest BCUT2D eigenvalue weighted by Gasteiger charge is 2.42. The van der Waals surface area contributed by atoms with E-state index in [1.165, 1.54) is 0 Å². The van der Waals surface area contributed by atoms with Crippen molar-refractivity contribution in [2.75, 3.05) is 0 Å². The SMILES string of the molecule is CC[C@@H](Oc1ccc(C)cc1)C(=O)O[C@H]1C[C@H](O)C=C2C=C[C@H](C)[C@H](CC[C@@H](O)C[C@@H](O)CC(=O)O)[C@H]21. The van der Waals surface area contributed by atoms with Crippen molar-refractivity contribution in [1.29, 1.82) is 0 Å². The number of carboxylic acid groups (broad SMARTS) is 1. The van der Waals surface area contributed by atoms with E-state index in [1.54, 1.807) is 6.08 Å². The van der Waals surface area contributed by atoms with Crippen LogP contribution in [0.15, 0.2) is 48.1 Å². The van der Waals surface area contributed by atoms with Crippen LogP contribution in [0.25, 0.3) is 0 Å². The number of carbonyl (C=O) groups excluding carboxylic acids is 1. The molecule has 0 bridgehead atoms. The molecule has 2 aliphatic rings. The number of allylic oxidation sites excluding steroid dienone is 2. The van der Waals surface area contributed by atoms with Crippen molar-refractivity contribution in [3.8, 4) is 5.75 Å². The maximum absolute atomic E-state index is 13.2. The minimum atomic E-state index is -1.11. The monoisotopic (exact) mass is 516 g/mol. The fourth-order valence-corrected chi connectivity index (χ4v) is 5.39. The summed E-state index contributed by atoms with van der Waals surface area (Å²) in [6.45, 7) is 5.90. The van der Waals surface area contributed by atoms with E-state index in [9.17, 15) is 24.9 Å². The van der Waals surface area contributed by atoms with E-state index in [0.29, 0.717) is 25.0 Å². The van der Waals surface area contributed by atoms with Gasteiger partial charge in [-0.2, -0.15) is 0 Å². The van der Waals surface area contributed by atoms with Gasteiger partial charge in [0.1, 0.15) is 11.9 Å². The van der Waals surface area contributed by atoms with Gasteiger partial charge in [-0.3, -0.25) is 4.79 Å². The Labute approximate surface area is 218 Å². The lowest BCUT2D eigenvalue weighted by Crippen LogP contribution is -2.44. The second kappa shape index (κ2) is 13.2. The summed E-state index contributed by atoms with van der Waals surface area (Å²) in [5.41, 5.74) is 2.00. The molecule has 0 heterocycles. The molecule has 8 atom stereocenters. The van der Waals surface area contributed by atoms with Crippen LogP contribution in [0.2, 0.25) is 0 Å². The summed E-state index contributed by atoms with van der Waals surface area (Å²) < 4.78 is 11.9. The van der Waals surface area contributed by atoms with Crippen molar-refractivity contribution in [2.24, 2.45) is 17.8 Å². The van der Waals surface area contributed by atoms with Crippen LogP contribution in [0.5, 0.6) is 5.75 Å². The fourth-order valence-electron chi connectivity index (χ4n) is 5.39. The van der Waals surface area contributed by atoms with E-state index >= 15 is 0 Å². The number of aliphatic hydroxyl groups excluding tert-OH is 3. The second-order valence-electron chi connectivity index (χ2n) is 10.4. The van der Waals surface area contributed by atoms with Crippen LogP contribution in [-0.2, 0) is 14.3 Å². The van der Waals surface area contributed by atoms with E-state index in [0.717, 1.165) is 11.1 Å². The topological polar surface area (TPSA) is 134 Å². The van der Waals surface area contributed by atoms with Gasteiger partial charge in [0.25, 0.3) is 0 Å². The Morgan fingerprint density at radius 2 is 1.84 bits per heavy atom. The van der Waals surface area contributed by atoms with Crippen LogP contribution in [0.4, 0.5) is 0 Å². The number of ether oxygens (including phenoxy) is 2. The first-order valence-electron chi connectivity index (χ1n) is 13.2. The molecule has 8 heteroatoms. The van der Waals surface area contributed by atoms with Crippen LogP contribution in [-0.4, -0.2) is 62.9 Å². The van der Waals surface area contributed by atoms with E-state index < -0.39 is 48.9 Å². The molecule has 0 amide bonds. The Morgan fingerprint density at radius 3 is 2.49 bits per heavy atom. The molecule has 0 unspecified atom stereocenters. The van der Waals surface area contributed by atoms with Gasteiger partial charge in [-0.1, -0.05) is 49.8 Å². The molecule has 37 heavy (non-hydrogen) atoms. The van der Waals surface area contributed by atoms with E-state index in [1.807, 2.05) is 44.2 Å². The van der Waals surface area contributed by atoms with E-state index in [2.05, 4.69) is 13.0 Å². The van der Waals surface area contributed by atoms with Gasteiger partial charge in [-0.15, -0.1) is 0 Å². The molecule has 0 radical (unpaired) electrons. The Kier molecular flexibility index (Phi) is 10.3. The Hall–Kier alpha value is -2.68. The van der Waals surface area contributed by atoms with Gasteiger partial charge >= 0.3 is 11.9 Å². The van der Waals surface area contributed by atoms with Crippen molar-refractivity contribution in [3.05, 3.63) is 53.6 Å². The summed E-state index contributed by atoms with van der Waals surface area (Å²) in [7, 11) is 0. The zero-order chi connectivity index (χ0) is 27.1. The van der Waals surface area contributed by atoms with Crippen molar-refractivity contribution in [3.63, 3.8) is 0 Å². The molecule has 2 aliphatic carbocycles. The van der Waals surface area contributed by atoms with E-state index in [-0.39, 0.29) is 30.6 Å². The summed E-state index contributed by atoms with van der Waals surface area (Å²) in [6, 6.07) is 7.46. The molecule has 204 valence electrons. The van der Waals surface area contributed by atoms with E-state index in [4.69, 9.17) is 14.6 Å². The average Bonchev–Trinajstić information content (AvgIpc) is 2.82. The molecule has 3 rings (SSSR count). The highest BCUT2D eigenvalue weighted by Crippen LogP contribution is 2.44. The first kappa shape index (κ1) is 28.9. The first-order valence-corrected chi connectivity index (χ1v) is 13.2. The molecule has 0 aromatic heterocycles. The highest BCUT2D eigenvalue weighted by atomic mass is 16.6. The van der Waals surface area contributed by atoms with Crippen LogP contribution in [0.3, 0.4) is 0 Å². The number of aliphatic hydroxyl groups is 3. The van der Waals surface area contributed by atoms with Crippen LogP contribution in [0.1, 0.15) is 57.9 Å². The standard InChI is InChI=1S/C29H40O8/c1-4-25(36-23-10-5-17(2)6-11-23)29(35)37-26-15-21(31)13-19-8-7-18(3)24(28(19)26)12-9-20(30)14-22(32)16-27(33)34/h5-8,10-11,13,18,20-22,24-26,28,30-32H,4,9,12,14-16H2,1-3H3,(H,33,34)/t18-,20+,21+,22+,24-,25+,26-,28-/m0/s1. The fraction of sp³-hybridized carbons (Fsp3) is 0.586. The number of hydrogen-bond acceptors (Lipinski definition) is 7. The lowest BCUT2D eigenvalue weighted by atomic mass is 9.66. The maximum atomic E-state index is 13.2. The molecule has 0 spiro atoms. The third kappa shape index (κ3) is 8.15. The second-order valence-corrected chi connectivity index (χ2v) is 10.4. The number of fused-ring (bicyclic) bond motifs is 1. The van der Waals surface area contributed by atoms with Crippen molar-refractivity contribution < 1.29 is 39.5 Å². The predicted molar refractivity (Wildman–Crippen MR) is 138 cm³/mol. The minimum absolute atomic E-state index is 0.0116. The van der Waals surface area contributed by atoms with Crippen LogP contribution in [0, 0.1) is 24.7 Å². The zero-order valence-electron chi connectivity index (χ0n) is 21.8. The molecule has 8 nitrogen and oxygen atoms in total. The molecule has 0 saturated heterocycles.